The van der Waals surface area contributed by atoms with Crippen LogP contribution in [0.15, 0.2) is 146 Å². The quantitative estimate of drug-likeness (QED) is 0.0638. The summed E-state index contributed by atoms with van der Waals surface area (Å²) in [5.74, 6) is 1.24. The molecule has 0 N–H and O–H groups in total. The van der Waals surface area contributed by atoms with Gasteiger partial charge in [-0.2, -0.15) is 0 Å². The number of ether oxygens (including phenoxy) is 8. The van der Waals surface area contributed by atoms with Gasteiger partial charge < -0.3 is 37.9 Å². The summed E-state index contributed by atoms with van der Waals surface area (Å²) in [5.41, 5.74) is 1.15. The van der Waals surface area contributed by atoms with Crippen molar-refractivity contribution in [3.05, 3.63) is 174 Å². The van der Waals surface area contributed by atoms with Gasteiger partial charge in [0.25, 0.3) is 0 Å². The maximum absolute atomic E-state index is 13.6. The molecule has 0 bridgehead atoms. The number of benzene rings is 6. The average Bonchev–Trinajstić information content (AvgIpc) is 3.28. The van der Waals surface area contributed by atoms with E-state index in [1.54, 1.807) is 68.4 Å². The predicted molar refractivity (Wildman–Crippen MR) is 226 cm³/mol. The summed E-state index contributed by atoms with van der Waals surface area (Å²) in [7, 11) is 1.22. The van der Waals surface area contributed by atoms with Crippen LogP contribution < -0.4 is 23.7 Å². The van der Waals surface area contributed by atoms with E-state index in [9.17, 15) is 14.4 Å². The van der Waals surface area contributed by atoms with Crippen LogP contribution in [0.3, 0.4) is 0 Å². The lowest BCUT2D eigenvalue weighted by Gasteiger charge is -2.18. The van der Waals surface area contributed by atoms with Gasteiger partial charge in [0.15, 0.2) is 11.4 Å². The first-order valence-electron chi connectivity index (χ1n) is 19.4. The van der Waals surface area contributed by atoms with Crippen LogP contribution >= 0.6 is 0 Å². The average molecular weight is 820 g/mol. The molecule has 0 spiro atoms. The van der Waals surface area contributed by atoms with Crippen LogP contribution in [0.2, 0.25) is 0 Å². The van der Waals surface area contributed by atoms with Gasteiger partial charge in [-0.15, -0.1) is 0 Å². The fourth-order valence-electron chi connectivity index (χ4n) is 6.28. The molecule has 0 saturated heterocycles. The molecule has 12 nitrogen and oxygen atoms in total. The van der Waals surface area contributed by atoms with Gasteiger partial charge >= 0.3 is 17.9 Å². The summed E-state index contributed by atoms with van der Waals surface area (Å²) in [4.78, 5) is 44.5. The number of methoxy groups -OCH3 is 1. The highest BCUT2D eigenvalue weighted by Crippen LogP contribution is 2.39. The molecule has 1 aromatic heterocycles. The fraction of sp³-hybridized carbons (Fsp3) is 0.143. The normalized spacial score (nSPS) is 10.7. The molecule has 61 heavy (non-hydrogen) atoms. The second-order valence-electron chi connectivity index (χ2n) is 13.2. The van der Waals surface area contributed by atoms with Crippen molar-refractivity contribution in [1.29, 1.82) is 0 Å². The molecule has 0 amide bonds. The minimum Gasteiger partial charge on any atom is -0.486 e. The first-order chi connectivity index (χ1) is 29.8. The van der Waals surface area contributed by atoms with Crippen molar-refractivity contribution in [2.45, 2.75) is 27.1 Å². The molecule has 0 unspecified atom stereocenters. The molecule has 0 atom stereocenters. The SMILES string of the molecule is CCOC(=O)c1ccc(Oc2ccccc2)cc1COc1nc(C(=O)OC)c(OCc2cc(Oc3ccccc3)ccc2C(=O)OCC)c2ccc(Oc3ccccc3)cc12. The lowest BCUT2D eigenvalue weighted by atomic mass is 10.1. The van der Waals surface area contributed by atoms with E-state index in [0.717, 1.165) is 0 Å². The van der Waals surface area contributed by atoms with Crippen molar-refractivity contribution >= 4 is 28.7 Å². The number of carbonyl (C=O) groups is 3. The van der Waals surface area contributed by atoms with Gasteiger partial charge in [-0.1, -0.05) is 54.6 Å². The van der Waals surface area contributed by atoms with Crippen LogP contribution in [-0.4, -0.2) is 43.2 Å². The number of hydrogen-bond donors (Lipinski definition) is 0. The molecule has 0 aliphatic heterocycles. The van der Waals surface area contributed by atoms with E-state index in [0.29, 0.717) is 56.4 Å². The molecule has 0 saturated carbocycles. The zero-order valence-electron chi connectivity index (χ0n) is 33.6. The minimum atomic E-state index is -0.816. The van der Waals surface area contributed by atoms with Crippen LogP contribution in [0, 0.1) is 0 Å². The third-order valence-corrected chi connectivity index (χ3v) is 9.09. The zero-order chi connectivity index (χ0) is 42.6. The lowest BCUT2D eigenvalue weighted by Crippen LogP contribution is -2.14. The molecule has 0 radical (unpaired) electrons. The van der Waals surface area contributed by atoms with Crippen LogP contribution in [0.4, 0.5) is 0 Å². The van der Waals surface area contributed by atoms with Gasteiger partial charge in [-0.25, -0.2) is 19.4 Å². The van der Waals surface area contributed by atoms with Gasteiger partial charge in [-0.3, -0.25) is 0 Å². The Kier molecular flexibility index (Phi) is 13.4. The molecule has 0 aliphatic rings. The smallest absolute Gasteiger partial charge is 0.360 e. The van der Waals surface area contributed by atoms with E-state index in [4.69, 9.17) is 37.9 Å². The summed E-state index contributed by atoms with van der Waals surface area (Å²) in [6.45, 7) is 3.35. The van der Waals surface area contributed by atoms with Crippen molar-refractivity contribution in [3.8, 4) is 46.1 Å². The Morgan fingerprint density at radius 1 is 0.475 bits per heavy atom. The molecule has 12 heteroatoms. The summed E-state index contributed by atoms with van der Waals surface area (Å²) < 4.78 is 47.1. The Labute approximate surface area is 352 Å². The van der Waals surface area contributed by atoms with E-state index in [1.165, 1.54) is 7.11 Å². The number of fused-ring (bicyclic) bond motifs is 1. The fourth-order valence-corrected chi connectivity index (χ4v) is 6.28. The van der Waals surface area contributed by atoms with Crippen molar-refractivity contribution < 1.29 is 52.3 Å². The highest BCUT2D eigenvalue weighted by molar-refractivity contribution is 6.02. The number of carbonyl (C=O) groups excluding carboxylic acids is 3. The molecule has 308 valence electrons. The number of pyridine rings is 1. The van der Waals surface area contributed by atoms with E-state index >= 15 is 0 Å². The third kappa shape index (κ3) is 10.2. The maximum Gasteiger partial charge on any atom is 0.360 e. The van der Waals surface area contributed by atoms with Crippen LogP contribution in [-0.2, 0) is 27.4 Å². The van der Waals surface area contributed by atoms with Gasteiger partial charge in [0.05, 0.1) is 36.8 Å². The molecular formula is C49H41NO11. The van der Waals surface area contributed by atoms with Crippen LogP contribution in [0.1, 0.15) is 56.2 Å². The highest BCUT2D eigenvalue weighted by atomic mass is 16.5. The van der Waals surface area contributed by atoms with Gasteiger partial charge in [0.2, 0.25) is 5.88 Å². The van der Waals surface area contributed by atoms with E-state index in [-0.39, 0.29) is 54.9 Å². The second kappa shape index (κ2) is 19.7. The standard InChI is InChI=1S/C49H41NO11/c1-4-55-47(51)40-24-21-37(59-34-15-9-6-10-16-34)27-32(40)30-57-45-42-26-23-39(61-36-19-13-8-14-20-36)29-43(42)46(50-44(45)49(53)54-3)58-31-33-28-38(60-35-17-11-7-12-18-35)22-25-41(33)48(52)56-5-2/h6-29H,4-5,30-31H2,1-3H3. The highest BCUT2D eigenvalue weighted by Gasteiger charge is 2.25. The monoisotopic (exact) mass is 819 g/mol. The Balaban J connectivity index is 1.30. The summed E-state index contributed by atoms with van der Waals surface area (Å²) in [6.07, 6.45) is 0. The first-order valence-corrected chi connectivity index (χ1v) is 19.4. The zero-order valence-corrected chi connectivity index (χ0v) is 33.6. The summed E-state index contributed by atoms with van der Waals surface area (Å²) >= 11 is 0. The van der Waals surface area contributed by atoms with E-state index in [1.807, 2.05) is 91.0 Å². The molecule has 6 aromatic carbocycles. The Morgan fingerprint density at radius 3 is 1.38 bits per heavy atom. The van der Waals surface area contributed by atoms with Gasteiger partial charge in [0.1, 0.15) is 47.7 Å². The first kappa shape index (κ1) is 41.3. The summed E-state index contributed by atoms with van der Waals surface area (Å²) in [6, 6.07) is 42.6. The van der Waals surface area contributed by atoms with Crippen molar-refractivity contribution in [2.24, 2.45) is 0 Å². The van der Waals surface area contributed by atoms with Gasteiger partial charge in [-0.05, 0) is 105 Å². The summed E-state index contributed by atoms with van der Waals surface area (Å²) in [5, 5.41) is 0.809. The topological polar surface area (TPSA) is 138 Å². The Morgan fingerprint density at radius 2 is 0.918 bits per heavy atom. The van der Waals surface area contributed by atoms with Crippen LogP contribution in [0.25, 0.3) is 10.8 Å². The predicted octanol–water partition coefficient (Wildman–Crippen LogP) is 10.9. The molecule has 7 rings (SSSR count). The van der Waals surface area contributed by atoms with Crippen LogP contribution in [0.5, 0.6) is 46.1 Å². The molecule has 0 aliphatic carbocycles. The van der Waals surface area contributed by atoms with E-state index in [2.05, 4.69) is 4.98 Å². The molecular weight excluding hydrogens is 779 g/mol. The molecule has 7 aromatic rings. The van der Waals surface area contributed by atoms with Crippen molar-refractivity contribution in [2.75, 3.05) is 20.3 Å². The number of para-hydroxylation sites is 3. The van der Waals surface area contributed by atoms with Crippen molar-refractivity contribution in [3.63, 3.8) is 0 Å². The largest absolute Gasteiger partial charge is 0.486 e. The number of esters is 3. The number of hydrogen-bond acceptors (Lipinski definition) is 12. The number of aromatic nitrogens is 1. The second-order valence-corrected chi connectivity index (χ2v) is 13.2. The molecule has 1 heterocycles. The third-order valence-electron chi connectivity index (χ3n) is 9.09. The Hall–Kier alpha value is -7.86. The van der Waals surface area contributed by atoms with Gasteiger partial charge in [0, 0.05) is 16.5 Å². The van der Waals surface area contributed by atoms with E-state index < -0.39 is 17.9 Å². The number of nitrogens with zero attached hydrogens (tertiary/aromatic N) is 1. The minimum absolute atomic E-state index is 0.0101. The van der Waals surface area contributed by atoms with Crippen molar-refractivity contribution in [1.82, 2.24) is 4.98 Å². The lowest BCUT2D eigenvalue weighted by molar-refractivity contribution is 0.0513. The molecule has 0 fully saturated rings. The Bertz CT molecular complexity index is 2630. The number of rotatable bonds is 17. The maximum atomic E-state index is 13.6.